The molecule has 0 fully saturated rings. The van der Waals surface area contributed by atoms with E-state index < -0.39 is 6.09 Å². The summed E-state index contributed by atoms with van der Waals surface area (Å²) in [5.41, 5.74) is 1.02. The van der Waals surface area contributed by atoms with Gasteiger partial charge in [-0.15, -0.1) is 0 Å². The second-order valence-electron chi connectivity index (χ2n) is 8.75. The van der Waals surface area contributed by atoms with Crippen molar-refractivity contribution in [3.8, 4) is 22.6 Å². The van der Waals surface area contributed by atoms with Crippen LogP contribution in [0.3, 0.4) is 0 Å². The summed E-state index contributed by atoms with van der Waals surface area (Å²) in [5, 5.41) is 9.70. The zero-order chi connectivity index (χ0) is 22.5. The van der Waals surface area contributed by atoms with Crippen molar-refractivity contribution in [2.45, 2.75) is 60.4 Å². The Morgan fingerprint density at radius 2 is 1.83 bits per heavy atom. The number of amides is 1. The number of carboxylic acid groups (broad SMARTS) is 1. The van der Waals surface area contributed by atoms with Gasteiger partial charge in [0.2, 0.25) is 5.43 Å². The molecule has 1 N–H and O–H groups in total. The lowest BCUT2D eigenvalue weighted by Crippen LogP contribution is -2.30. The van der Waals surface area contributed by atoms with Gasteiger partial charge in [0.1, 0.15) is 0 Å². The van der Waals surface area contributed by atoms with Crippen LogP contribution in [0.5, 0.6) is 11.5 Å². The van der Waals surface area contributed by atoms with Gasteiger partial charge in [-0.3, -0.25) is 9.69 Å². The van der Waals surface area contributed by atoms with E-state index >= 15 is 0 Å². The summed E-state index contributed by atoms with van der Waals surface area (Å²) in [7, 11) is 1.49. The van der Waals surface area contributed by atoms with Crippen LogP contribution in [0.1, 0.15) is 53.9 Å². The Balaban J connectivity index is 2.79. The molecule has 166 valence electrons. The van der Waals surface area contributed by atoms with Crippen molar-refractivity contribution in [3.63, 3.8) is 0 Å². The maximum Gasteiger partial charge on any atom is 0.412 e. The molecule has 0 aromatic heterocycles. The van der Waals surface area contributed by atoms with Crippen molar-refractivity contribution < 1.29 is 19.4 Å². The third kappa shape index (κ3) is 5.68. The number of hydrogen-bond donors (Lipinski definition) is 1. The fourth-order valence-electron chi connectivity index (χ4n) is 3.21. The van der Waals surface area contributed by atoms with Crippen molar-refractivity contribution in [2.75, 3.05) is 25.2 Å². The van der Waals surface area contributed by atoms with Gasteiger partial charge >= 0.3 is 6.09 Å². The summed E-state index contributed by atoms with van der Waals surface area (Å²) in [6.07, 6.45) is 3.35. The molecular formula is C23H34N2O5. The summed E-state index contributed by atoms with van der Waals surface area (Å²) in [6, 6.07) is 3.21. The topological polar surface area (TPSA) is 81.0 Å². The second kappa shape index (κ2) is 9.87. The molecule has 0 saturated heterocycles. The minimum absolute atomic E-state index is 0.104. The van der Waals surface area contributed by atoms with Crippen LogP contribution >= 0.6 is 0 Å². The van der Waals surface area contributed by atoms with Crippen LogP contribution in [0, 0.1) is 5.41 Å². The van der Waals surface area contributed by atoms with Crippen molar-refractivity contribution in [2.24, 2.45) is 5.41 Å². The summed E-state index contributed by atoms with van der Waals surface area (Å²) < 4.78 is 13.6. The molecule has 7 nitrogen and oxygen atoms in total. The molecule has 7 heteroatoms. The molecule has 1 amide bonds. The van der Waals surface area contributed by atoms with E-state index in [0.717, 1.165) is 29.7 Å². The van der Waals surface area contributed by atoms with Crippen LogP contribution in [0.2, 0.25) is 0 Å². The molecule has 0 spiro atoms. The van der Waals surface area contributed by atoms with E-state index in [9.17, 15) is 14.7 Å². The van der Waals surface area contributed by atoms with E-state index in [2.05, 4.69) is 27.7 Å². The SMILES string of the molecule is CCCCOc1c2cc(=O)c(OCCC)cc-2cn(CC(C)(C)C)c1N(C)C(=O)O. The zero-order valence-corrected chi connectivity index (χ0v) is 18.9. The average Bonchev–Trinajstić information content (AvgIpc) is 2.65. The highest BCUT2D eigenvalue weighted by atomic mass is 16.5. The van der Waals surface area contributed by atoms with Gasteiger partial charge in [-0.25, -0.2) is 4.79 Å². The summed E-state index contributed by atoms with van der Waals surface area (Å²) in [5.74, 6) is 1.13. The number of hydrogen-bond acceptors (Lipinski definition) is 4. The molecule has 0 aromatic carbocycles. The van der Waals surface area contributed by atoms with Crippen molar-refractivity contribution in [1.29, 1.82) is 0 Å². The summed E-state index contributed by atoms with van der Waals surface area (Å²) >= 11 is 0. The molecule has 1 aliphatic heterocycles. The number of rotatable bonds is 9. The number of fused-ring (bicyclic) bond motifs is 1. The first-order valence-electron chi connectivity index (χ1n) is 10.5. The lowest BCUT2D eigenvalue weighted by Gasteiger charge is -2.30. The normalized spacial score (nSPS) is 11.5. The molecule has 0 bridgehead atoms. The van der Waals surface area contributed by atoms with Crippen molar-refractivity contribution >= 4 is 11.9 Å². The Morgan fingerprint density at radius 3 is 2.40 bits per heavy atom. The standard InChI is InChI=1S/C23H34N2O5/c1-7-9-11-30-20-17-13-18(26)19(29-10-8-2)12-16(17)14-25(15-23(3,4)5)21(20)24(6)22(27)28/h12-14H,7-11,15H2,1-6H3,(H,27,28). The molecule has 0 unspecified atom stereocenters. The number of carbonyl (C=O) groups is 1. The first kappa shape index (κ1) is 23.6. The van der Waals surface area contributed by atoms with Crippen LogP contribution in [-0.4, -0.2) is 36.0 Å². The van der Waals surface area contributed by atoms with Crippen LogP contribution in [-0.2, 0) is 6.54 Å². The number of nitrogens with zero attached hydrogens (tertiary/aromatic N) is 2. The van der Waals surface area contributed by atoms with Crippen molar-refractivity contribution in [1.82, 2.24) is 4.57 Å². The number of ether oxygens (including phenoxy) is 2. The predicted molar refractivity (Wildman–Crippen MR) is 119 cm³/mol. The number of unbranched alkanes of at least 4 members (excludes halogenated alkanes) is 1. The highest BCUT2D eigenvalue weighted by Crippen LogP contribution is 2.42. The minimum atomic E-state index is -1.09. The predicted octanol–water partition coefficient (Wildman–Crippen LogP) is 5.08. The number of anilines is 1. The molecular weight excluding hydrogens is 384 g/mol. The van der Waals surface area contributed by atoms with E-state index in [1.807, 2.05) is 17.7 Å². The zero-order valence-electron chi connectivity index (χ0n) is 18.9. The fraction of sp³-hybridized carbons (Fsp3) is 0.565. The number of benzene rings is 1. The quantitative estimate of drug-likeness (QED) is 0.574. The Labute approximate surface area is 178 Å². The van der Waals surface area contributed by atoms with Crippen LogP contribution < -0.4 is 19.8 Å². The van der Waals surface area contributed by atoms with Gasteiger partial charge in [-0.2, -0.15) is 0 Å². The Hall–Kier alpha value is -2.70. The third-order valence-electron chi connectivity index (χ3n) is 4.59. The minimum Gasteiger partial charge on any atom is -0.489 e. The Bertz CT molecular complexity index is 898. The van der Waals surface area contributed by atoms with E-state index in [1.165, 1.54) is 13.1 Å². The number of pyridine rings is 1. The summed E-state index contributed by atoms with van der Waals surface area (Å²) in [6.45, 7) is 11.8. The first-order chi connectivity index (χ1) is 14.1. The molecule has 30 heavy (non-hydrogen) atoms. The Kier molecular flexibility index (Phi) is 7.76. The highest BCUT2D eigenvalue weighted by Gasteiger charge is 2.27. The van der Waals surface area contributed by atoms with E-state index in [0.29, 0.717) is 42.6 Å². The third-order valence-corrected chi connectivity index (χ3v) is 4.59. The van der Waals surface area contributed by atoms with E-state index in [1.54, 1.807) is 6.07 Å². The second-order valence-corrected chi connectivity index (χ2v) is 8.75. The summed E-state index contributed by atoms with van der Waals surface area (Å²) in [4.78, 5) is 25.6. The van der Waals surface area contributed by atoms with Gasteiger partial charge in [0.15, 0.2) is 17.3 Å². The van der Waals surface area contributed by atoms with Gasteiger partial charge in [-0.05, 0) is 24.3 Å². The molecule has 0 radical (unpaired) electrons. The van der Waals surface area contributed by atoms with E-state index in [-0.39, 0.29) is 10.8 Å². The van der Waals surface area contributed by atoms with E-state index in [4.69, 9.17) is 9.47 Å². The maximum absolute atomic E-state index is 12.6. The molecule has 1 aliphatic carbocycles. The first-order valence-corrected chi connectivity index (χ1v) is 10.5. The Morgan fingerprint density at radius 1 is 1.13 bits per heavy atom. The molecule has 0 aromatic rings. The fourth-order valence-corrected chi connectivity index (χ4v) is 3.21. The van der Waals surface area contributed by atoms with Gasteiger partial charge in [0, 0.05) is 37.0 Å². The number of aromatic nitrogens is 1. The van der Waals surface area contributed by atoms with Gasteiger partial charge in [-0.1, -0.05) is 41.0 Å². The average molecular weight is 419 g/mol. The lowest BCUT2D eigenvalue weighted by atomic mass is 9.95. The van der Waals surface area contributed by atoms with Crippen LogP contribution in [0.4, 0.5) is 10.6 Å². The maximum atomic E-state index is 12.6. The van der Waals surface area contributed by atoms with Gasteiger partial charge in [0.05, 0.1) is 13.2 Å². The van der Waals surface area contributed by atoms with Crippen LogP contribution in [0.15, 0.2) is 23.1 Å². The molecule has 2 rings (SSSR count). The van der Waals surface area contributed by atoms with Crippen LogP contribution in [0.25, 0.3) is 11.1 Å². The highest BCUT2D eigenvalue weighted by molar-refractivity contribution is 5.90. The lowest BCUT2D eigenvalue weighted by molar-refractivity contribution is 0.202. The molecule has 0 saturated carbocycles. The molecule has 0 atom stereocenters. The smallest absolute Gasteiger partial charge is 0.412 e. The molecule has 1 heterocycles. The largest absolute Gasteiger partial charge is 0.489 e. The van der Waals surface area contributed by atoms with Gasteiger partial charge in [0.25, 0.3) is 0 Å². The van der Waals surface area contributed by atoms with Gasteiger partial charge < -0.3 is 19.1 Å². The monoisotopic (exact) mass is 418 g/mol. The molecule has 2 aliphatic rings. The van der Waals surface area contributed by atoms with Crippen molar-refractivity contribution in [3.05, 3.63) is 28.6 Å².